The van der Waals surface area contributed by atoms with Gasteiger partial charge < -0.3 is 0 Å². The van der Waals surface area contributed by atoms with Crippen molar-refractivity contribution in [2.24, 2.45) is 10.4 Å². The number of hydrogen-bond donors (Lipinski definition) is 0. The maximum absolute atomic E-state index is 4.40. The van der Waals surface area contributed by atoms with Crippen LogP contribution < -0.4 is 0 Å². The zero-order valence-electron chi connectivity index (χ0n) is 10.4. The van der Waals surface area contributed by atoms with Crippen LogP contribution in [0.5, 0.6) is 0 Å². The van der Waals surface area contributed by atoms with Gasteiger partial charge in [0.15, 0.2) is 0 Å². The third-order valence-electron chi connectivity index (χ3n) is 2.29. The Kier molecular flexibility index (Phi) is 5.44. The van der Waals surface area contributed by atoms with Crippen LogP contribution in [0.15, 0.2) is 28.4 Å². The topological polar surface area (TPSA) is 12.4 Å². The molecule has 0 aliphatic rings. The van der Waals surface area contributed by atoms with E-state index < -0.39 is 0 Å². The zero-order valence-corrected chi connectivity index (χ0v) is 10.4. The van der Waals surface area contributed by atoms with Crippen molar-refractivity contribution < 1.29 is 0 Å². The van der Waals surface area contributed by atoms with E-state index in [0.29, 0.717) is 0 Å². The molecule has 0 heterocycles. The van der Waals surface area contributed by atoms with Gasteiger partial charge in [-0.3, -0.25) is 4.99 Å². The minimum atomic E-state index is 0.194. The van der Waals surface area contributed by atoms with E-state index in [9.17, 15) is 0 Å². The van der Waals surface area contributed by atoms with E-state index in [1.807, 2.05) is 13.1 Å². The smallest absolute Gasteiger partial charge is 0.0616 e. The van der Waals surface area contributed by atoms with Crippen LogP contribution in [-0.2, 0) is 0 Å². The third-order valence-corrected chi connectivity index (χ3v) is 2.29. The van der Waals surface area contributed by atoms with Gasteiger partial charge in [-0.15, -0.1) is 0 Å². The normalized spacial score (nSPS) is 15.3. The van der Waals surface area contributed by atoms with Crippen LogP contribution >= 0.6 is 0 Å². The van der Waals surface area contributed by atoms with Gasteiger partial charge in [-0.25, -0.2) is 0 Å². The minimum absolute atomic E-state index is 0.194. The lowest BCUT2D eigenvalue weighted by molar-refractivity contribution is 0.499. The van der Waals surface area contributed by atoms with Crippen molar-refractivity contribution in [2.45, 2.75) is 48.0 Å². The highest BCUT2D eigenvalue weighted by Gasteiger charge is 2.15. The van der Waals surface area contributed by atoms with E-state index in [0.717, 1.165) is 12.1 Å². The minimum Gasteiger partial charge on any atom is -0.262 e. The van der Waals surface area contributed by atoms with E-state index in [-0.39, 0.29) is 5.41 Å². The van der Waals surface area contributed by atoms with Crippen molar-refractivity contribution in [3.63, 3.8) is 0 Å². The van der Waals surface area contributed by atoms with Crippen molar-refractivity contribution in [2.75, 3.05) is 0 Å². The summed E-state index contributed by atoms with van der Waals surface area (Å²) in [6.07, 6.45) is 7.17. The molecule has 0 saturated heterocycles. The summed E-state index contributed by atoms with van der Waals surface area (Å²) in [6.45, 7) is 12.9. The second-order valence-corrected chi connectivity index (χ2v) is 4.46. The van der Waals surface area contributed by atoms with Gasteiger partial charge in [0.2, 0.25) is 0 Å². The Morgan fingerprint density at radius 2 is 1.86 bits per heavy atom. The summed E-state index contributed by atoms with van der Waals surface area (Å²) in [7, 11) is 0. The fourth-order valence-electron chi connectivity index (χ4n) is 1.02. The van der Waals surface area contributed by atoms with Gasteiger partial charge in [0, 0.05) is 6.21 Å². The number of nitrogens with zero attached hydrogens (tertiary/aromatic N) is 1. The van der Waals surface area contributed by atoms with Gasteiger partial charge in [0.25, 0.3) is 0 Å². The lowest BCUT2D eigenvalue weighted by Crippen LogP contribution is -2.08. The van der Waals surface area contributed by atoms with Crippen molar-refractivity contribution in [1.29, 1.82) is 0 Å². The van der Waals surface area contributed by atoms with Crippen LogP contribution in [0, 0.1) is 5.41 Å². The molecule has 1 nitrogen and oxygen atoms in total. The van der Waals surface area contributed by atoms with Crippen molar-refractivity contribution in [1.82, 2.24) is 0 Å². The lowest BCUT2D eigenvalue weighted by atomic mass is 9.86. The predicted octanol–water partition coefficient (Wildman–Crippen LogP) is 4.36. The monoisotopic (exact) mass is 193 g/mol. The van der Waals surface area contributed by atoms with Gasteiger partial charge in [-0.1, -0.05) is 33.8 Å². The second-order valence-electron chi connectivity index (χ2n) is 4.46. The molecule has 0 amide bonds. The lowest BCUT2D eigenvalue weighted by Gasteiger charge is -2.20. The van der Waals surface area contributed by atoms with Crippen molar-refractivity contribution in [3.05, 3.63) is 23.4 Å². The third kappa shape index (κ3) is 4.40. The molecule has 0 radical (unpaired) electrons. The van der Waals surface area contributed by atoms with Crippen LogP contribution in [0.1, 0.15) is 48.0 Å². The molecule has 0 saturated carbocycles. The summed E-state index contributed by atoms with van der Waals surface area (Å²) >= 11 is 0. The van der Waals surface area contributed by atoms with Crippen LogP contribution in [0.4, 0.5) is 0 Å². The van der Waals surface area contributed by atoms with Gasteiger partial charge in [-0.05, 0) is 37.3 Å². The first-order valence-corrected chi connectivity index (χ1v) is 5.30. The number of hydrogen-bond acceptors (Lipinski definition) is 1. The molecule has 1 heteroatoms. The SMILES string of the molecule is CC=NC(/C=C/CC)=C(\C)C(C)(C)C. The highest BCUT2D eigenvalue weighted by Crippen LogP contribution is 2.28. The first-order valence-electron chi connectivity index (χ1n) is 5.30. The highest BCUT2D eigenvalue weighted by atomic mass is 14.7. The van der Waals surface area contributed by atoms with E-state index in [2.05, 4.69) is 51.8 Å². The Bertz CT molecular complexity index is 249. The molecule has 0 fully saturated rings. The van der Waals surface area contributed by atoms with E-state index in [1.165, 1.54) is 5.57 Å². The second kappa shape index (κ2) is 5.79. The molecule has 0 aromatic heterocycles. The standard InChI is InChI=1S/C13H23N/c1-7-9-10-12(14-8-2)11(3)13(4,5)6/h8-10H,7H2,1-6H3/b10-9+,12-11+,14-8?. The van der Waals surface area contributed by atoms with Crippen LogP contribution in [0.2, 0.25) is 0 Å². The molecule has 14 heavy (non-hydrogen) atoms. The molecular weight excluding hydrogens is 170 g/mol. The first kappa shape index (κ1) is 13.2. The zero-order chi connectivity index (χ0) is 11.2. The van der Waals surface area contributed by atoms with E-state index in [1.54, 1.807) is 0 Å². The molecule has 0 aliphatic carbocycles. The fraction of sp³-hybridized carbons (Fsp3) is 0.615. The molecule has 0 bridgehead atoms. The average molecular weight is 193 g/mol. The average Bonchev–Trinajstić information content (AvgIpc) is 2.09. The van der Waals surface area contributed by atoms with E-state index in [4.69, 9.17) is 0 Å². The molecule has 0 aromatic carbocycles. The van der Waals surface area contributed by atoms with Gasteiger partial charge in [0.05, 0.1) is 5.70 Å². The molecule has 0 atom stereocenters. The molecule has 0 N–H and O–H groups in total. The van der Waals surface area contributed by atoms with Crippen LogP contribution in [-0.4, -0.2) is 6.21 Å². The Hall–Kier alpha value is -0.850. The molecular formula is C13H23N. The maximum Gasteiger partial charge on any atom is 0.0616 e. The number of allylic oxidation sites excluding steroid dienone is 3. The Labute approximate surface area is 88.6 Å². The Morgan fingerprint density at radius 3 is 2.21 bits per heavy atom. The van der Waals surface area contributed by atoms with E-state index >= 15 is 0 Å². The Morgan fingerprint density at radius 1 is 1.29 bits per heavy atom. The predicted molar refractivity (Wildman–Crippen MR) is 65.8 cm³/mol. The van der Waals surface area contributed by atoms with Crippen molar-refractivity contribution >= 4 is 6.21 Å². The maximum atomic E-state index is 4.40. The van der Waals surface area contributed by atoms with Gasteiger partial charge in [0.1, 0.15) is 0 Å². The quantitative estimate of drug-likeness (QED) is 0.466. The summed E-state index contributed by atoms with van der Waals surface area (Å²) < 4.78 is 0. The van der Waals surface area contributed by atoms with Crippen molar-refractivity contribution in [3.8, 4) is 0 Å². The van der Waals surface area contributed by atoms with Crippen LogP contribution in [0.25, 0.3) is 0 Å². The summed E-state index contributed by atoms with van der Waals surface area (Å²) in [5.41, 5.74) is 2.63. The molecule has 0 aliphatic heterocycles. The largest absolute Gasteiger partial charge is 0.262 e. The molecule has 0 aromatic rings. The molecule has 0 unspecified atom stereocenters. The summed E-state index contributed by atoms with van der Waals surface area (Å²) in [5, 5.41) is 0. The first-order chi connectivity index (χ1) is 6.43. The number of rotatable bonds is 3. The van der Waals surface area contributed by atoms with Gasteiger partial charge in [-0.2, -0.15) is 0 Å². The summed E-state index contributed by atoms with van der Waals surface area (Å²) in [4.78, 5) is 4.40. The summed E-state index contributed by atoms with van der Waals surface area (Å²) in [6, 6.07) is 0. The molecule has 0 rings (SSSR count). The van der Waals surface area contributed by atoms with Gasteiger partial charge >= 0.3 is 0 Å². The number of aliphatic imine (C=N–C) groups is 1. The highest BCUT2D eigenvalue weighted by molar-refractivity contribution is 5.56. The molecule has 80 valence electrons. The summed E-state index contributed by atoms with van der Waals surface area (Å²) in [5.74, 6) is 0. The Balaban J connectivity index is 5.05. The molecule has 0 spiro atoms. The van der Waals surface area contributed by atoms with Crippen LogP contribution in [0.3, 0.4) is 0 Å². The fourth-order valence-corrected chi connectivity index (χ4v) is 1.02.